The van der Waals surface area contributed by atoms with Crippen LogP contribution in [0.3, 0.4) is 0 Å². The zero-order valence-electron chi connectivity index (χ0n) is 15.2. The number of amides is 1. The number of aliphatic carboxylic acids is 1. The average Bonchev–Trinajstić information content (AvgIpc) is 3.25. The highest BCUT2D eigenvalue weighted by molar-refractivity contribution is 5.79. The first-order valence-corrected chi connectivity index (χ1v) is 9.08. The maximum Gasteiger partial charge on any atom is 0.410 e. The normalized spacial score (nSPS) is 21.9. The number of ether oxygens (including phenoxy) is 1. The van der Waals surface area contributed by atoms with Crippen LogP contribution >= 0.6 is 0 Å². The number of rotatable bonds is 4. The lowest BCUT2D eigenvalue weighted by Gasteiger charge is -2.31. The smallest absolute Gasteiger partial charge is 0.410 e. The van der Waals surface area contributed by atoms with Crippen LogP contribution in [-0.4, -0.2) is 40.3 Å². The maximum atomic E-state index is 12.5. The highest BCUT2D eigenvalue weighted by Crippen LogP contribution is 2.41. The van der Waals surface area contributed by atoms with Gasteiger partial charge in [0.1, 0.15) is 11.5 Å². The van der Waals surface area contributed by atoms with Gasteiger partial charge in [-0.3, -0.25) is 4.79 Å². The summed E-state index contributed by atoms with van der Waals surface area (Å²) in [4.78, 5) is 26.1. The molecule has 1 aromatic rings. The van der Waals surface area contributed by atoms with Gasteiger partial charge in [-0.2, -0.15) is 0 Å². The van der Waals surface area contributed by atoms with E-state index >= 15 is 0 Å². The molecule has 5 heteroatoms. The molecule has 3 rings (SSSR count). The van der Waals surface area contributed by atoms with E-state index in [-0.39, 0.29) is 6.04 Å². The number of carbonyl (C=O) groups excluding carboxylic acids is 1. The number of hydrogen-bond donors (Lipinski definition) is 1. The van der Waals surface area contributed by atoms with Gasteiger partial charge in [0, 0.05) is 6.54 Å². The van der Waals surface area contributed by atoms with Gasteiger partial charge in [-0.15, -0.1) is 0 Å². The molecule has 1 aliphatic heterocycles. The fourth-order valence-corrected chi connectivity index (χ4v) is 3.61. The highest BCUT2D eigenvalue weighted by atomic mass is 16.6. The van der Waals surface area contributed by atoms with Crippen LogP contribution in [0.25, 0.3) is 0 Å². The van der Waals surface area contributed by atoms with Crippen molar-refractivity contribution in [2.45, 2.75) is 69.9 Å². The molecule has 1 aliphatic carbocycles. The molecule has 1 saturated carbocycles. The molecule has 0 bridgehead atoms. The molecule has 0 aromatic heterocycles. The molecule has 136 valence electrons. The second kappa shape index (κ2) is 6.70. The van der Waals surface area contributed by atoms with E-state index in [1.165, 1.54) is 18.4 Å². The van der Waals surface area contributed by atoms with E-state index < -0.39 is 23.6 Å². The van der Waals surface area contributed by atoms with Crippen LogP contribution in [0.4, 0.5) is 4.79 Å². The van der Waals surface area contributed by atoms with E-state index in [0.717, 1.165) is 12.0 Å². The van der Waals surface area contributed by atoms with Crippen LogP contribution in [0.5, 0.6) is 0 Å². The topological polar surface area (TPSA) is 66.8 Å². The first-order valence-electron chi connectivity index (χ1n) is 9.08. The summed E-state index contributed by atoms with van der Waals surface area (Å²) in [6.45, 7) is 6.01. The largest absolute Gasteiger partial charge is 0.481 e. The van der Waals surface area contributed by atoms with E-state index in [1.807, 2.05) is 45.0 Å². The van der Waals surface area contributed by atoms with Crippen LogP contribution < -0.4 is 0 Å². The third kappa shape index (κ3) is 4.14. The number of benzene rings is 1. The molecule has 2 aliphatic rings. The van der Waals surface area contributed by atoms with E-state index in [0.29, 0.717) is 18.9 Å². The standard InChI is InChI=1S/C20H27NO4/c1-20(2,3)25-19(24)21-12-4-5-16(21)17(18(22)23)15-10-8-14(9-11-15)13-6-7-13/h8-11,13,16-17H,4-7,12H2,1-3H3,(H,22,23)/t16-,17?/m0/s1. The van der Waals surface area contributed by atoms with E-state index in [4.69, 9.17) is 4.74 Å². The van der Waals surface area contributed by atoms with Gasteiger partial charge in [0.2, 0.25) is 0 Å². The molecule has 25 heavy (non-hydrogen) atoms. The number of likely N-dealkylation sites (tertiary alicyclic amines) is 1. The first kappa shape index (κ1) is 17.8. The molecule has 5 nitrogen and oxygen atoms in total. The Hall–Kier alpha value is -2.04. The summed E-state index contributed by atoms with van der Waals surface area (Å²) < 4.78 is 5.47. The van der Waals surface area contributed by atoms with E-state index in [2.05, 4.69) is 0 Å². The fraction of sp³-hybridized carbons (Fsp3) is 0.600. The zero-order valence-corrected chi connectivity index (χ0v) is 15.2. The van der Waals surface area contributed by atoms with Gasteiger partial charge >= 0.3 is 12.1 Å². The van der Waals surface area contributed by atoms with Crippen molar-refractivity contribution in [1.82, 2.24) is 4.90 Å². The van der Waals surface area contributed by atoms with Crippen molar-refractivity contribution in [3.63, 3.8) is 0 Å². The molecule has 2 fully saturated rings. The van der Waals surface area contributed by atoms with Crippen LogP contribution in [-0.2, 0) is 9.53 Å². The van der Waals surface area contributed by atoms with Gasteiger partial charge in [0.05, 0.1) is 6.04 Å². The second-order valence-corrected chi connectivity index (χ2v) is 8.14. The molecule has 1 aromatic carbocycles. The van der Waals surface area contributed by atoms with Crippen molar-refractivity contribution in [2.24, 2.45) is 0 Å². The summed E-state index contributed by atoms with van der Waals surface area (Å²) in [5.74, 6) is -0.968. The van der Waals surface area contributed by atoms with Crippen molar-refractivity contribution in [3.05, 3.63) is 35.4 Å². The maximum absolute atomic E-state index is 12.5. The van der Waals surface area contributed by atoms with Crippen molar-refractivity contribution < 1.29 is 19.4 Å². The molecular formula is C20H27NO4. The van der Waals surface area contributed by atoms with E-state index in [9.17, 15) is 14.7 Å². The number of carboxylic acids is 1. The predicted molar refractivity (Wildman–Crippen MR) is 94.8 cm³/mol. The quantitative estimate of drug-likeness (QED) is 0.891. The van der Waals surface area contributed by atoms with Crippen molar-refractivity contribution >= 4 is 12.1 Å². The minimum Gasteiger partial charge on any atom is -0.481 e. The highest BCUT2D eigenvalue weighted by Gasteiger charge is 2.41. The number of hydrogen-bond acceptors (Lipinski definition) is 3. The zero-order chi connectivity index (χ0) is 18.2. The Balaban J connectivity index is 1.81. The third-order valence-corrected chi connectivity index (χ3v) is 4.92. The number of nitrogens with zero attached hydrogens (tertiary/aromatic N) is 1. The molecule has 1 unspecified atom stereocenters. The minimum absolute atomic E-state index is 0.362. The van der Waals surface area contributed by atoms with Crippen molar-refractivity contribution in [1.29, 1.82) is 0 Å². The van der Waals surface area contributed by atoms with Gasteiger partial charge in [-0.05, 0) is 63.5 Å². The second-order valence-electron chi connectivity index (χ2n) is 8.14. The van der Waals surface area contributed by atoms with Gasteiger partial charge in [0.25, 0.3) is 0 Å². The Labute approximate surface area is 149 Å². The number of carboxylic acid groups (broad SMARTS) is 1. The Morgan fingerprint density at radius 2 is 1.80 bits per heavy atom. The molecule has 1 saturated heterocycles. The molecular weight excluding hydrogens is 318 g/mol. The first-order chi connectivity index (χ1) is 11.8. The van der Waals surface area contributed by atoms with Gasteiger partial charge in [-0.25, -0.2) is 4.79 Å². The monoisotopic (exact) mass is 345 g/mol. The predicted octanol–water partition coefficient (Wildman–Crippen LogP) is 4.13. The van der Waals surface area contributed by atoms with E-state index in [1.54, 1.807) is 4.90 Å². The summed E-state index contributed by atoms with van der Waals surface area (Å²) in [6, 6.07) is 7.54. The molecule has 0 radical (unpaired) electrons. The summed E-state index contributed by atoms with van der Waals surface area (Å²) in [5, 5.41) is 9.83. The molecule has 0 spiro atoms. The molecule has 1 heterocycles. The Morgan fingerprint density at radius 1 is 1.16 bits per heavy atom. The summed E-state index contributed by atoms with van der Waals surface area (Å²) in [5.41, 5.74) is 1.45. The summed E-state index contributed by atoms with van der Waals surface area (Å²) in [7, 11) is 0. The molecule has 1 N–H and O–H groups in total. The lowest BCUT2D eigenvalue weighted by molar-refractivity contribution is -0.140. The Kier molecular flexibility index (Phi) is 4.76. The third-order valence-electron chi connectivity index (χ3n) is 4.92. The van der Waals surface area contributed by atoms with Gasteiger partial charge in [0.15, 0.2) is 0 Å². The minimum atomic E-state index is -0.889. The SMILES string of the molecule is CC(C)(C)OC(=O)N1CCC[C@H]1C(C(=O)O)c1ccc(C2CC2)cc1. The summed E-state index contributed by atoms with van der Waals surface area (Å²) in [6.07, 6.45) is 3.50. The van der Waals surface area contributed by atoms with Crippen LogP contribution in [0.1, 0.15) is 69.4 Å². The lowest BCUT2D eigenvalue weighted by Crippen LogP contribution is -2.44. The Morgan fingerprint density at radius 3 is 2.32 bits per heavy atom. The Bertz CT molecular complexity index is 643. The summed E-state index contributed by atoms with van der Waals surface area (Å²) >= 11 is 0. The molecule has 2 atom stereocenters. The lowest BCUT2D eigenvalue weighted by atomic mass is 9.89. The molecule has 1 amide bonds. The number of carbonyl (C=O) groups is 2. The van der Waals surface area contributed by atoms with Crippen LogP contribution in [0.2, 0.25) is 0 Å². The fourth-order valence-electron chi connectivity index (χ4n) is 3.61. The van der Waals surface area contributed by atoms with Gasteiger partial charge < -0.3 is 14.7 Å². The van der Waals surface area contributed by atoms with Crippen molar-refractivity contribution in [2.75, 3.05) is 6.54 Å². The van der Waals surface area contributed by atoms with Crippen molar-refractivity contribution in [3.8, 4) is 0 Å². The van der Waals surface area contributed by atoms with Crippen LogP contribution in [0.15, 0.2) is 24.3 Å². The average molecular weight is 345 g/mol. The van der Waals surface area contributed by atoms with Gasteiger partial charge in [-0.1, -0.05) is 24.3 Å². The van der Waals surface area contributed by atoms with Crippen LogP contribution in [0, 0.1) is 0 Å².